The van der Waals surface area contributed by atoms with Crippen molar-refractivity contribution in [2.24, 2.45) is 0 Å². The molecule has 130 valence electrons. The Balaban J connectivity index is 1.74. The first-order chi connectivity index (χ1) is 12.1. The number of hydrogen-bond acceptors (Lipinski definition) is 5. The zero-order valence-electron chi connectivity index (χ0n) is 14.1. The summed E-state index contributed by atoms with van der Waals surface area (Å²) < 4.78 is 16.0. The average molecular weight is 341 g/mol. The fourth-order valence-electron chi connectivity index (χ4n) is 2.72. The van der Waals surface area contributed by atoms with Crippen LogP contribution in [0.2, 0.25) is 0 Å². The Morgan fingerprint density at radius 2 is 2.04 bits per heavy atom. The normalized spacial score (nSPS) is 15.8. The molecule has 0 bridgehead atoms. The maximum atomic E-state index is 12.5. The Kier molecular flexibility index (Phi) is 4.88. The van der Waals surface area contributed by atoms with E-state index in [1.807, 2.05) is 19.1 Å². The number of fused-ring (bicyclic) bond motifs is 1. The number of rotatable bonds is 5. The van der Waals surface area contributed by atoms with Crippen molar-refractivity contribution in [3.05, 3.63) is 53.6 Å². The molecular weight excluding hydrogens is 322 g/mol. The van der Waals surface area contributed by atoms with Gasteiger partial charge in [-0.3, -0.25) is 4.79 Å². The number of carbonyl (C=O) groups excluding carboxylic acids is 2. The number of ether oxygens (including phenoxy) is 3. The summed E-state index contributed by atoms with van der Waals surface area (Å²) in [6.45, 7) is 2.39. The van der Waals surface area contributed by atoms with Crippen molar-refractivity contribution in [3.63, 3.8) is 0 Å². The minimum atomic E-state index is -0.861. The fraction of sp³-hybridized carbons (Fsp3) is 0.263. The van der Waals surface area contributed by atoms with Gasteiger partial charge in [-0.2, -0.15) is 0 Å². The van der Waals surface area contributed by atoms with Crippen LogP contribution in [0.4, 0.5) is 5.69 Å². The molecule has 0 spiro atoms. The smallest absolute Gasteiger partial charge is 0.339 e. The molecule has 1 aliphatic rings. The maximum Gasteiger partial charge on any atom is 0.339 e. The highest BCUT2D eigenvalue weighted by Crippen LogP contribution is 2.30. The van der Waals surface area contributed by atoms with Gasteiger partial charge in [0.15, 0.2) is 17.6 Å². The number of nitrogens with one attached hydrogen (secondary N) is 1. The van der Waals surface area contributed by atoms with E-state index in [-0.39, 0.29) is 5.91 Å². The number of amides is 1. The number of anilines is 1. The summed E-state index contributed by atoms with van der Waals surface area (Å²) >= 11 is 0. The predicted octanol–water partition coefficient (Wildman–Crippen LogP) is 2.81. The molecule has 1 heterocycles. The third kappa shape index (κ3) is 3.57. The van der Waals surface area contributed by atoms with E-state index in [9.17, 15) is 9.59 Å². The lowest BCUT2D eigenvalue weighted by atomic mass is 9.98. The monoisotopic (exact) mass is 341 g/mol. The predicted molar refractivity (Wildman–Crippen MR) is 92.1 cm³/mol. The van der Waals surface area contributed by atoms with Gasteiger partial charge in [-0.25, -0.2) is 4.79 Å². The van der Waals surface area contributed by atoms with Crippen LogP contribution in [0, 0.1) is 0 Å². The molecule has 1 amide bonds. The third-order valence-electron chi connectivity index (χ3n) is 3.92. The van der Waals surface area contributed by atoms with Crippen LogP contribution in [-0.4, -0.2) is 31.7 Å². The molecule has 3 rings (SSSR count). The summed E-state index contributed by atoms with van der Waals surface area (Å²) in [6, 6.07) is 12.2. The summed E-state index contributed by atoms with van der Waals surface area (Å²) in [5.74, 6) is 0.256. The molecule has 25 heavy (non-hydrogen) atoms. The molecule has 6 heteroatoms. The molecule has 0 saturated carbocycles. The summed E-state index contributed by atoms with van der Waals surface area (Å²) in [7, 11) is 1.53. The molecule has 0 saturated heterocycles. The van der Waals surface area contributed by atoms with E-state index in [0.29, 0.717) is 35.8 Å². The summed E-state index contributed by atoms with van der Waals surface area (Å²) in [6.07, 6.45) is -0.512. The van der Waals surface area contributed by atoms with Gasteiger partial charge in [0.2, 0.25) is 0 Å². The lowest BCUT2D eigenvalue weighted by molar-refractivity contribution is -0.125. The lowest BCUT2D eigenvalue weighted by Crippen LogP contribution is -2.37. The summed E-state index contributed by atoms with van der Waals surface area (Å²) in [5.41, 5.74) is 1.86. The Bertz CT molecular complexity index is 802. The van der Waals surface area contributed by atoms with E-state index in [2.05, 4.69) is 5.32 Å². The van der Waals surface area contributed by atoms with E-state index in [1.165, 1.54) is 7.11 Å². The quantitative estimate of drug-likeness (QED) is 0.847. The summed E-state index contributed by atoms with van der Waals surface area (Å²) in [4.78, 5) is 24.5. The van der Waals surface area contributed by atoms with Crippen molar-refractivity contribution < 1.29 is 23.8 Å². The molecule has 6 nitrogen and oxygen atoms in total. The zero-order valence-corrected chi connectivity index (χ0v) is 14.1. The number of benzene rings is 2. The largest absolute Gasteiger partial charge is 0.493 e. The number of hydrogen-bond donors (Lipinski definition) is 1. The van der Waals surface area contributed by atoms with Gasteiger partial charge in [-0.15, -0.1) is 0 Å². The van der Waals surface area contributed by atoms with Gasteiger partial charge in [-0.05, 0) is 30.7 Å². The number of methoxy groups -OCH3 is 1. The van der Waals surface area contributed by atoms with Crippen molar-refractivity contribution in [2.75, 3.05) is 19.0 Å². The number of esters is 1. The van der Waals surface area contributed by atoms with Crippen LogP contribution in [0.5, 0.6) is 11.5 Å². The number of carbonyl (C=O) groups is 2. The Morgan fingerprint density at radius 3 is 2.80 bits per heavy atom. The van der Waals surface area contributed by atoms with Crippen LogP contribution >= 0.6 is 0 Å². The van der Waals surface area contributed by atoms with Gasteiger partial charge >= 0.3 is 5.97 Å². The first-order valence-corrected chi connectivity index (χ1v) is 8.03. The van der Waals surface area contributed by atoms with E-state index in [1.54, 1.807) is 30.3 Å². The van der Waals surface area contributed by atoms with Gasteiger partial charge in [0.05, 0.1) is 19.3 Å². The second-order valence-corrected chi connectivity index (χ2v) is 5.54. The highest BCUT2D eigenvalue weighted by atomic mass is 16.5. The van der Waals surface area contributed by atoms with E-state index >= 15 is 0 Å². The van der Waals surface area contributed by atoms with Gasteiger partial charge in [0.25, 0.3) is 5.91 Å². The van der Waals surface area contributed by atoms with Crippen molar-refractivity contribution >= 4 is 17.6 Å². The Hall–Kier alpha value is -3.02. The molecule has 0 aliphatic carbocycles. The van der Waals surface area contributed by atoms with Gasteiger partial charge in [0, 0.05) is 18.2 Å². The van der Waals surface area contributed by atoms with Gasteiger partial charge < -0.3 is 19.5 Å². The number of cyclic esters (lactones) is 1. The second-order valence-electron chi connectivity index (χ2n) is 5.54. The van der Waals surface area contributed by atoms with Crippen LogP contribution in [0.15, 0.2) is 42.5 Å². The SMILES string of the molecule is CCOc1ccc(NC(=O)[C@@H]2Cc3ccccc3C(=O)O2)cc1OC. The maximum absolute atomic E-state index is 12.5. The molecule has 1 N–H and O–H groups in total. The van der Waals surface area contributed by atoms with E-state index in [0.717, 1.165) is 5.56 Å². The highest BCUT2D eigenvalue weighted by molar-refractivity contribution is 6.00. The molecule has 1 atom stereocenters. The van der Waals surface area contributed by atoms with Crippen LogP contribution in [0.25, 0.3) is 0 Å². The molecular formula is C19H19NO5. The molecule has 0 fully saturated rings. The zero-order chi connectivity index (χ0) is 17.8. The fourth-order valence-corrected chi connectivity index (χ4v) is 2.72. The molecule has 0 unspecified atom stereocenters. The molecule has 0 aromatic heterocycles. The third-order valence-corrected chi connectivity index (χ3v) is 3.92. The van der Waals surface area contributed by atoms with Crippen molar-refractivity contribution in [2.45, 2.75) is 19.4 Å². The molecule has 0 radical (unpaired) electrons. The average Bonchev–Trinajstić information content (AvgIpc) is 2.63. The lowest BCUT2D eigenvalue weighted by Gasteiger charge is -2.23. The van der Waals surface area contributed by atoms with E-state index < -0.39 is 12.1 Å². The first kappa shape index (κ1) is 16.8. The van der Waals surface area contributed by atoms with Crippen LogP contribution in [0.1, 0.15) is 22.8 Å². The van der Waals surface area contributed by atoms with Gasteiger partial charge in [-0.1, -0.05) is 18.2 Å². The molecule has 2 aromatic rings. The standard InChI is InChI=1S/C19H19NO5/c1-3-24-15-9-8-13(11-16(15)23-2)20-18(21)17-10-12-6-4-5-7-14(12)19(22)25-17/h4-9,11,17H,3,10H2,1-2H3,(H,20,21)/t17-/m0/s1. The summed E-state index contributed by atoms with van der Waals surface area (Å²) in [5, 5.41) is 2.76. The second kappa shape index (κ2) is 7.25. The molecule has 2 aromatic carbocycles. The minimum absolute atomic E-state index is 0.349. The first-order valence-electron chi connectivity index (χ1n) is 8.03. The highest BCUT2D eigenvalue weighted by Gasteiger charge is 2.31. The topological polar surface area (TPSA) is 73.9 Å². The van der Waals surface area contributed by atoms with Crippen LogP contribution < -0.4 is 14.8 Å². The Labute approximate surface area is 145 Å². The van der Waals surface area contributed by atoms with Gasteiger partial charge in [0.1, 0.15) is 0 Å². The van der Waals surface area contributed by atoms with Crippen LogP contribution in [-0.2, 0) is 16.0 Å². The Morgan fingerprint density at radius 1 is 1.24 bits per heavy atom. The van der Waals surface area contributed by atoms with Crippen LogP contribution in [0.3, 0.4) is 0 Å². The van der Waals surface area contributed by atoms with Crippen molar-refractivity contribution in [1.82, 2.24) is 0 Å². The van der Waals surface area contributed by atoms with Crippen molar-refractivity contribution in [1.29, 1.82) is 0 Å². The molecule has 1 aliphatic heterocycles. The van der Waals surface area contributed by atoms with Crippen molar-refractivity contribution in [3.8, 4) is 11.5 Å². The van der Waals surface area contributed by atoms with E-state index in [4.69, 9.17) is 14.2 Å². The minimum Gasteiger partial charge on any atom is -0.493 e.